The lowest BCUT2D eigenvalue weighted by atomic mass is 10.1. The molecule has 0 fully saturated rings. The minimum absolute atomic E-state index is 0.00845. The molecule has 0 heterocycles. The Morgan fingerprint density at radius 1 is 1.07 bits per heavy atom. The molecule has 0 saturated heterocycles. The van der Waals surface area contributed by atoms with Crippen molar-refractivity contribution in [2.75, 3.05) is 12.3 Å². The zero-order chi connectivity index (χ0) is 21.8. The summed E-state index contributed by atoms with van der Waals surface area (Å²) in [4.78, 5) is 28.8. The summed E-state index contributed by atoms with van der Waals surface area (Å²) in [6.45, 7) is 5.07. The summed E-state index contributed by atoms with van der Waals surface area (Å²) in [7, 11) is 0. The van der Waals surface area contributed by atoms with Gasteiger partial charge in [-0.3, -0.25) is 9.59 Å². The molecule has 2 rings (SSSR count). The highest BCUT2D eigenvalue weighted by molar-refractivity contribution is 7.99. The Hall–Kier alpha value is -1.98. The van der Waals surface area contributed by atoms with Gasteiger partial charge in [-0.15, -0.1) is 11.8 Å². The van der Waals surface area contributed by atoms with E-state index >= 15 is 0 Å². The van der Waals surface area contributed by atoms with Crippen LogP contribution in [0.15, 0.2) is 59.5 Å². The van der Waals surface area contributed by atoms with Crippen LogP contribution in [0, 0.1) is 0 Å². The number of unbranched alkanes of at least 4 members (excludes halogenated alkanes) is 1. The van der Waals surface area contributed by atoms with Crippen LogP contribution in [0.2, 0.25) is 5.02 Å². The number of nitrogens with one attached hydrogen (secondary N) is 1. The monoisotopic (exact) mass is 446 g/mol. The highest BCUT2D eigenvalue weighted by Gasteiger charge is 2.28. The maximum Gasteiger partial charge on any atom is 0.242 e. The lowest BCUT2D eigenvalue weighted by Crippen LogP contribution is -2.49. The van der Waals surface area contributed by atoms with Crippen molar-refractivity contribution in [2.24, 2.45) is 0 Å². The molecular formula is C24H31ClN2O2S. The molecule has 162 valence electrons. The lowest BCUT2D eigenvalue weighted by molar-refractivity contribution is -0.141. The van der Waals surface area contributed by atoms with Crippen LogP contribution in [0.25, 0.3) is 0 Å². The summed E-state index contributed by atoms with van der Waals surface area (Å²) < 4.78 is 0. The zero-order valence-corrected chi connectivity index (χ0v) is 19.3. The van der Waals surface area contributed by atoms with E-state index in [4.69, 9.17) is 11.6 Å². The zero-order valence-electron chi connectivity index (χ0n) is 17.8. The smallest absolute Gasteiger partial charge is 0.242 e. The van der Waals surface area contributed by atoms with Gasteiger partial charge < -0.3 is 10.2 Å². The molecule has 1 atom stereocenters. The topological polar surface area (TPSA) is 49.4 Å². The van der Waals surface area contributed by atoms with Crippen LogP contribution in [0.3, 0.4) is 0 Å². The van der Waals surface area contributed by atoms with E-state index in [0.717, 1.165) is 23.3 Å². The first-order valence-corrected chi connectivity index (χ1v) is 11.9. The highest BCUT2D eigenvalue weighted by Crippen LogP contribution is 2.20. The first-order valence-electron chi connectivity index (χ1n) is 10.5. The largest absolute Gasteiger partial charge is 0.354 e. The van der Waals surface area contributed by atoms with Crippen molar-refractivity contribution in [2.45, 2.75) is 57.0 Å². The van der Waals surface area contributed by atoms with Gasteiger partial charge in [-0.25, -0.2) is 0 Å². The first-order chi connectivity index (χ1) is 14.5. The van der Waals surface area contributed by atoms with Crippen LogP contribution in [-0.4, -0.2) is 35.1 Å². The molecule has 4 nitrogen and oxygen atoms in total. The predicted molar refractivity (Wildman–Crippen MR) is 126 cm³/mol. The fourth-order valence-corrected chi connectivity index (χ4v) is 4.12. The van der Waals surface area contributed by atoms with Crippen LogP contribution in [0.4, 0.5) is 0 Å². The van der Waals surface area contributed by atoms with Gasteiger partial charge in [0, 0.05) is 35.2 Å². The van der Waals surface area contributed by atoms with Gasteiger partial charge in [-0.1, -0.05) is 62.2 Å². The predicted octanol–water partition coefficient (Wildman–Crippen LogP) is 5.55. The van der Waals surface area contributed by atoms with Crippen LogP contribution in [-0.2, 0) is 16.1 Å². The molecule has 0 saturated carbocycles. The van der Waals surface area contributed by atoms with Crippen LogP contribution >= 0.6 is 23.4 Å². The van der Waals surface area contributed by atoms with Crippen LogP contribution < -0.4 is 5.32 Å². The van der Waals surface area contributed by atoms with Crippen LogP contribution in [0.5, 0.6) is 0 Å². The molecule has 30 heavy (non-hydrogen) atoms. The second kappa shape index (κ2) is 13.3. The standard InChI is InChI=1S/C24H31ClN2O2S/c1-3-5-16-26-24(29)22(4-2)27(18-19-11-13-20(25)14-12-19)23(28)15-17-30-21-9-7-6-8-10-21/h6-14,22H,3-5,15-18H2,1-2H3,(H,26,29)/t22-/m1/s1. The maximum absolute atomic E-state index is 13.1. The van der Waals surface area contributed by atoms with Crippen molar-refractivity contribution in [3.63, 3.8) is 0 Å². The fourth-order valence-electron chi connectivity index (χ4n) is 3.13. The average Bonchev–Trinajstić information content (AvgIpc) is 2.76. The molecule has 0 bridgehead atoms. The second-order valence-corrected chi connectivity index (χ2v) is 8.73. The molecule has 0 spiro atoms. The molecule has 2 aromatic rings. The summed E-state index contributed by atoms with van der Waals surface area (Å²) >= 11 is 7.65. The molecule has 0 aromatic heterocycles. The van der Waals surface area contributed by atoms with E-state index in [1.807, 2.05) is 61.5 Å². The van der Waals surface area contributed by atoms with Gasteiger partial charge in [0.05, 0.1) is 0 Å². The fraction of sp³-hybridized carbons (Fsp3) is 0.417. The molecule has 1 N–H and O–H groups in total. The Labute approximate surface area is 189 Å². The summed E-state index contributed by atoms with van der Waals surface area (Å²) in [5.41, 5.74) is 0.961. The van der Waals surface area contributed by atoms with E-state index in [2.05, 4.69) is 12.2 Å². The third-order valence-corrected chi connectivity index (χ3v) is 6.08. The van der Waals surface area contributed by atoms with Crippen molar-refractivity contribution in [1.29, 1.82) is 0 Å². The molecular weight excluding hydrogens is 416 g/mol. The third kappa shape index (κ3) is 8.04. The molecule has 0 aliphatic heterocycles. The Bertz CT molecular complexity index is 784. The number of thioether (sulfide) groups is 1. The first kappa shape index (κ1) is 24.3. The minimum Gasteiger partial charge on any atom is -0.354 e. The van der Waals surface area contributed by atoms with Gasteiger partial charge in [0.25, 0.3) is 0 Å². The summed E-state index contributed by atoms with van der Waals surface area (Å²) in [6.07, 6.45) is 2.90. The molecule has 2 amide bonds. The van der Waals surface area contributed by atoms with E-state index in [1.165, 1.54) is 0 Å². The summed E-state index contributed by atoms with van der Waals surface area (Å²) in [5, 5.41) is 3.64. The Balaban J connectivity index is 2.08. The number of nitrogens with zero attached hydrogens (tertiary/aromatic N) is 1. The third-order valence-electron chi connectivity index (χ3n) is 4.81. The van der Waals surface area contributed by atoms with E-state index in [-0.39, 0.29) is 11.8 Å². The molecule has 0 unspecified atom stereocenters. The number of hydrogen-bond donors (Lipinski definition) is 1. The number of rotatable bonds is 12. The van der Waals surface area contributed by atoms with Gasteiger partial charge in [-0.2, -0.15) is 0 Å². The van der Waals surface area contributed by atoms with Gasteiger partial charge in [-0.05, 0) is 42.7 Å². The number of hydrogen-bond acceptors (Lipinski definition) is 3. The van der Waals surface area contributed by atoms with E-state index in [9.17, 15) is 9.59 Å². The summed E-state index contributed by atoms with van der Waals surface area (Å²) in [6, 6.07) is 17.0. The van der Waals surface area contributed by atoms with Crippen LogP contribution in [0.1, 0.15) is 45.1 Å². The number of benzene rings is 2. The van der Waals surface area contributed by atoms with Crippen molar-refractivity contribution in [1.82, 2.24) is 10.2 Å². The molecule has 0 aliphatic rings. The van der Waals surface area contributed by atoms with Gasteiger partial charge in [0.2, 0.25) is 11.8 Å². The normalized spacial score (nSPS) is 11.7. The summed E-state index contributed by atoms with van der Waals surface area (Å²) in [5.74, 6) is 0.586. The maximum atomic E-state index is 13.1. The Morgan fingerprint density at radius 2 is 1.77 bits per heavy atom. The Morgan fingerprint density at radius 3 is 2.40 bits per heavy atom. The number of carbonyl (C=O) groups is 2. The van der Waals surface area contributed by atoms with Crippen molar-refractivity contribution in [3.8, 4) is 0 Å². The SMILES string of the molecule is CCCCNC(=O)[C@@H](CC)N(Cc1ccc(Cl)cc1)C(=O)CCSc1ccccc1. The van der Waals surface area contributed by atoms with Crippen molar-refractivity contribution in [3.05, 3.63) is 65.2 Å². The van der Waals surface area contributed by atoms with Gasteiger partial charge in [0.15, 0.2) is 0 Å². The van der Waals surface area contributed by atoms with E-state index < -0.39 is 6.04 Å². The van der Waals surface area contributed by atoms with E-state index in [0.29, 0.717) is 36.7 Å². The Kier molecular flexibility index (Phi) is 10.8. The number of amides is 2. The quantitative estimate of drug-likeness (QED) is 0.343. The minimum atomic E-state index is -0.480. The lowest BCUT2D eigenvalue weighted by Gasteiger charge is -2.30. The number of halogens is 1. The highest BCUT2D eigenvalue weighted by atomic mass is 35.5. The van der Waals surface area contributed by atoms with Gasteiger partial charge >= 0.3 is 0 Å². The second-order valence-electron chi connectivity index (χ2n) is 7.13. The average molecular weight is 447 g/mol. The number of carbonyl (C=O) groups excluding carboxylic acids is 2. The van der Waals surface area contributed by atoms with Gasteiger partial charge in [0.1, 0.15) is 6.04 Å². The molecule has 6 heteroatoms. The van der Waals surface area contributed by atoms with E-state index in [1.54, 1.807) is 16.7 Å². The van der Waals surface area contributed by atoms with Crippen molar-refractivity contribution < 1.29 is 9.59 Å². The molecule has 0 aliphatic carbocycles. The molecule has 0 radical (unpaired) electrons. The van der Waals surface area contributed by atoms with Crippen molar-refractivity contribution >= 4 is 35.2 Å². The molecule has 2 aromatic carbocycles.